The minimum absolute atomic E-state index is 0.0111. The van der Waals surface area contributed by atoms with E-state index in [0.717, 1.165) is 31.7 Å². The van der Waals surface area contributed by atoms with Crippen LogP contribution in [-0.2, 0) is 4.74 Å². The van der Waals surface area contributed by atoms with E-state index in [-0.39, 0.29) is 11.7 Å². The molecule has 0 radical (unpaired) electrons. The molecule has 0 bridgehead atoms. The van der Waals surface area contributed by atoms with Crippen LogP contribution in [-0.4, -0.2) is 25.8 Å². The van der Waals surface area contributed by atoms with Crippen LogP contribution >= 0.6 is 0 Å². The van der Waals surface area contributed by atoms with Crippen molar-refractivity contribution in [2.24, 2.45) is 0 Å². The van der Waals surface area contributed by atoms with Crippen molar-refractivity contribution in [1.29, 1.82) is 0 Å². The lowest BCUT2D eigenvalue weighted by Crippen LogP contribution is -2.50. The number of benzene rings is 1. The molecule has 0 spiro atoms. The lowest BCUT2D eigenvalue weighted by molar-refractivity contribution is -0.122. The summed E-state index contributed by atoms with van der Waals surface area (Å²) in [5.41, 5.74) is 1.21. The monoisotopic (exact) mass is 249 g/mol. The van der Waals surface area contributed by atoms with Gasteiger partial charge in [0.05, 0.1) is 18.8 Å². The van der Waals surface area contributed by atoms with Gasteiger partial charge in [0, 0.05) is 13.1 Å². The molecule has 1 heterocycles. The molecule has 2 rings (SSSR count). The molecule has 1 aromatic rings. The minimum atomic E-state index is -0.0111. The van der Waals surface area contributed by atoms with Crippen LogP contribution in [0, 0.1) is 0 Å². The van der Waals surface area contributed by atoms with Crippen LogP contribution in [0.15, 0.2) is 24.3 Å². The summed E-state index contributed by atoms with van der Waals surface area (Å²) in [5.74, 6) is 0.889. The molecule has 3 heteroatoms. The maximum atomic E-state index is 6.33. The van der Waals surface area contributed by atoms with Crippen LogP contribution in [0.4, 0.5) is 0 Å². The van der Waals surface area contributed by atoms with Crippen LogP contribution in [0.3, 0.4) is 0 Å². The fourth-order valence-electron chi connectivity index (χ4n) is 2.49. The topological polar surface area (TPSA) is 30.5 Å². The number of hydrogen-bond acceptors (Lipinski definition) is 3. The summed E-state index contributed by atoms with van der Waals surface area (Å²) >= 11 is 0. The van der Waals surface area contributed by atoms with Gasteiger partial charge in [0.1, 0.15) is 5.75 Å². The molecule has 1 aliphatic heterocycles. The normalized spacial score (nSPS) is 22.7. The number of rotatable bonds is 4. The van der Waals surface area contributed by atoms with Gasteiger partial charge in [-0.05, 0) is 30.5 Å². The predicted molar refractivity (Wildman–Crippen MR) is 73.0 cm³/mol. The number of ether oxygens (including phenoxy) is 2. The fraction of sp³-hybridized carbons (Fsp3) is 0.600. The van der Waals surface area contributed by atoms with E-state index in [1.54, 1.807) is 7.11 Å². The standard InChI is InChI=1S/C15H23NO2/c1-4-15(5-2)11-16-10-14(18-15)12-6-8-13(17-3)9-7-12/h6-9,14,16H,4-5,10-11H2,1-3H3. The van der Waals surface area contributed by atoms with E-state index in [1.165, 1.54) is 5.56 Å². The summed E-state index contributed by atoms with van der Waals surface area (Å²) in [4.78, 5) is 0. The molecular weight excluding hydrogens is 226 g/mol. The summed E-state index contributed by atoms with van der Waals surface area (Å²) < 4.78 is 11.5. The third-order valence-electron chi connectivity index (χ3n) is 3.95. The minimum Gasteiger partial charge on any atom is -0.497 e. The first-order valence-corrected chi connectivity index (χ1v) is 6.75. The van der Waals surface area contributed by atoms with Gasteiger partial charge in [-0.2, -0.15) is 0 Å². The van der Waals surface area contributed by atoms with Gasteiger partial charge in [-0.1, -0.05) is 26.0 Å². The highest BCUT2D eigenvalue weighted by atomic mass is 16.5. The van der Waals surface area contributed by atoms with Gasteiger partial charge in [-0.15, -0.1) is 0 Å². The second kappa shape index (κ2) is 5.72. The molecule has 1 fully saturated rings. The van der Waals surface area contributed by atoms with Gasteiger partial charge in [0.15, 0.2) is 0 Å². The van der Waals surface area contributed by atoms with Gasteiger partial charge < -0.3 is 14.8 Å². The summed E-state index contributed by atoms with van der Waals surface area (Å²) in [6, 6.07) is 8.17. The molecule has 1 unspecified atom stereocenters. The van der Waals surface area contributed by atoms with Gasteiger partial charge in [0.2, 0.25) is 0 Å². The third kappa shape index (κ3) is 2.68. The molecule has 100 valence electrons. The van der Waals surface area contributed by atoms with Crippen LogP contribution in [0.25, 0.3) is 0 Å². The zero-order valence-electron chi connectivity index (χ0n) is 11.5. The average Bonchev–Trinajstić information content (AvgIpc) is 2.47. The Kier molecular flexibility index (Phi) is 4.25. The molecule has 3 nitrogen and oxygen atoms in total. The van der Waals surface area contributed by atoms with Gasteiger partial charge in [0.25, 0.3) is 0 Å². The average molecular weight is 249 g/mol. The molecule has 1 atom stereocenters. The van der Waals surface area contributed by atoms with Gasteiger partial charge in [-0.25, -0.2) is 0 Å². The maximum absolute atomic E-state index is 6.33. The van der Waals surface area contributed by atoms with E-state index >= 15 is 0 Å². The Balaban J connectivity index is 2.12. The van der Waals surface area contributed by atoms with Crippen LogP contribution < -0.4 is 10.1 Å². The van der Waals surface area contributed by atoms with E-state index in [2.05, 4.69) is 31.3 Å². The number of nitrogens with one attached hydrogen (secondary N) is 1. The molecule has 1 N–H and O–H groups in total. The van der Waals surface area contributed by atoms with E-state index in [9.17, 15) is 0 Å². The molecule has 1 saturated heterocycles. The van der Waals surface area contributed by atoms with Crippen molar-refractivity contribution in [3.05, 3.63) is 29.8 Å². The Morgan fingerprint density at radius 1 is 1.28 bits per heavy atom. The van der Waals surface area contributed by atoms with Crippen molar-refractivity contribution in [2.75, 3.05) is 20.2 Å². The zero-order valence-corrected chi connectivity index (χ0v) is 11.5. The van der Waals surface area contributed by atoms with E-state index in [1.807, 2.05) is 12.1 Å². The second-order valence-corrected chi connectivity index (χ2v) is 4.90. The summed E-state index contributed by atoms with van der Waals surface area (Å²) in [5, 5.41) is 3.50. The van der Waals surface area contributed by atoms with Crippen LogP contribution in [0.5, 0.6) is 5.75 Å². The van der Waals surface area contributed by atoms with Crippen molar-refractivity contribution < 1.29 is 9.47 Å². The van der Waals surface area contributed by atoms with Gasteiger partial charge in [-0.3, -0.25) is 0 Å². The van der Waals surface area contributed by atoms with Crippen molar-refractivity contribution >= 4 is 0 Å². The SMILES string of the molecule is CCC1(CC)CNCC(c2ccc(OC)cc2)O1. The quantitative estimate of drug-likeness (QED) is 0.890. The zero-order chi connectivity index (χ0) is 13.0. The molecule has 1 aromatic carbocycles. The van der Waals surface area contributed by atoms with Crippen LogP contribution in [0.2, 0.25) is 0 Å². The number of hydrogen-bond donors (Lipinski definition) is 1. The molecule has 0 saturated carbocycles. The molecule has 0 amide bonds. The number of morpholine rings is 1. The first kappa shape index (κ1) is 13.4. The maximum Gasteiger partial charge on any atom is 0.118 e. The van der Waals surface area contributed by atoms with Crippen molar-refractivity contribution in [3.63, 3.8) is 0 Å². The summed E-state index contributed by atoms with van der Waals surface area (Å²) in [6.07, 6.45) is 2.23. The first-order chi connectivity index (χ1) is 8.73. The van der Waals surface area contributed by atoms with E-state index in [4.69, 9.17) is 9.47 Å². The molecule has 18 heavy (non-hydrogen) atoms. The third-order valence-corrected chi connectivity index (χ3v) is 3.95. The molecule has 0 aromatic heterocycles. The van der Waals surface area contributed by atoms with Crippen molar-refractivity contribution in [1.82, 2.24) is 5.32 Å². The molecule has 0 aliphatic carbocycles. The highest BCUT2D eigenvalue weighted by Crippen LogP contribution is 2.32. The smallest absolute Gasteiger partial charge is 0.118 e. The lowest BCUT2D eigenvalue weighted by Gasteiger charge is -2.41. The largest absolute Gasteiger partial charge is 0.497 e. The Morgan fingerprint density at radius 2 is 1.94 bits per heavy atom. The predicted octanol–water partition coefficient (Wildman–Crippen LogP) is 2.91. The highest BCUT2D eigenvalue weighted by Gasteiger charge is 2.34. The highest BCUT2D eigenvalue weighted by molar-refractivity contribution is 5.29. The first-order valence-electron chi connectivity index (χ1n) is 6.75. The van der Waals surface area contributed by atoms with Crippen LogP contribution in [0.1, 0.15) is 38.4 Å². The van der Waals surface area contributed by atoms with E-state index < -0.39 is 0 Å². The Hall–Kier alpha value is -1.06. The summed E-state index contributed by atoms with van der Waals surface area (Å²) in [7, 11) is 1.69. The fourth-order valence-corrected chi connectivity index (χ4v) is 2.49. The van der Waals surface area contributed by atoms with Crippen molar-refractivity contribution in [2.45, 2.75) is 38.4 Å². The van der Waals surface area contributed by atoms with E-state index in [0.29, 0.717) is 0 Å². The van der Waals surface area contributed by atoms with Gasteiger partial charge >= 0.3 is 0 Å². The Labute approximate surface area is 109 Å². The van der Waals surface area contributed by atoms with Crippen molar-refractivity contribution in [3.8, 4) is 5.75 Å². The lowest BCUT2D eigenvalue weighted by atomic mass is 9.93. The molecule has 1 aliphatic rings. The molecular formula is C15H23NO2. The Bertz CT molecular complexity index is 371. The number of methoxy groups -OCH3 is 1. The Morgan fingerprint density at radius 3 is 2.50 bits per heavy atom. The second-order valence-electron chi connectivity index (χ2n) is 4.90. The summed E-state index contributed by atoms with van der Waals surface area (Å²) in [6.45, 7) is 6.23.